The summed E-state index contributed by atoms with van der Waals surface area (Å²) in [5.41, 5.74) is 2.06. The van der Waals surface area contributed by atoms with Crippen molar-refractivity contribution in [3.05, 3.63) is 88.6 Å². The van der Waals surface area contributed by atoms with E-state index in [-0.39, 0.29) is 12.5 Å². The van der Waals surface area contributed by atoms with E-state index in [1.165, 1.54) is 23.7 Å². The summed E-state index contributed by atoms with van der Waals surface area (Å²) in [5.74, 6) is -0.382. The van der Waals surface area contributed by atoms with Gasteiger partial charge in [0.05, 0.1) is 29.4 Å². The van der Waals surface area contributed by atoms with Gasteiger partial charge < -0.3 is 10.4 Å². The maximum absolute atomic E-state index is 13.0. The van der Waals surface area contributed by atoms with Crippen LogP contribution in [-0.4, -0.2) is 31.5 Å². The SMILES string of the molecule is Cc1snc2c1c1cc(C(=O)N[C@H](CO)c3ccccn3)ccc1n2-c1ccc(C(F)(F)F)cc1. The molecule has 2 aromatic carbocycles. The average Bonchev–Trinajstić information content (AvgIpc) is 3.39. The van der Waals surface area contributed by atoms with Crippen molar-refractivity contribution in [2.75, 3.05) is 6.61 Å². The topological polar surface area (TPSA) is 80.0 Å². The molecule has 5 aromatic rings. The Bertz CT molecular complexity index is 1530. The number of benzene rings is 2. The number of carbonyl (C=O) groups excluding carboxylic acids is 1. The van der Waals surface area contributed by atoms with E-state index >= 15 is 0 Å². The van der Waals surface area contributed by atoms with Crippen LogP contribution in [0.1, 0.15) is 32.5 Å². The number of carbonyl (C=O) groups is 1. The molecule has 0 spiro atoms. The Balaban J connectivity index is 1.56. The number of aromatic nitrogens is 3. The molecular formula is C25H19F3N4O2S. The third-order valence-corrected chi connectivity index (χ3v) is 6.55. The second-order valence-corrected chi connectivity index (χ2v) is 8.99. The number of aliphatic hydroxyl groups excluding tert-OH is 1. The molecule has 0 aliphatic heterocycles. The van der Waals surface area contributed by atoms with Gasteiger partial charge in [-0.25, -0.2) is 0 Å². The predicted octanol–water partition coefficient (Wildman–Crippen LogP) is 5.43. The lowest BCUT2D eigenvalue weighted by Crippen LogP contribution is -2.31. The number of halogens is 3. The van der Waals surface area contributed by atoms with Gasteiger partial charge in [-0.15, -0.1) is 0 Å². The molecule has 2 N–H and O–H groups in total. The van der Waals surface area contributed by atoms with Gasteiger partial charge in [-0.1, -0.05) is 6.07 Å². The first-order chi connectivity index (χ1) is 16.8. The van der Waals surface area contributed by atoms with Crippen LogP contribution in [0, 0.1) is 6.92 Å². The number of hydrogen-bond acceptors (Lipinski definition) is 5. The molecule has 3 aromatic heterocycles. The molecular weight excluding hydrogens is 477 g/mol. The number of nitrogens with zero attached hydrogens (tertiary/aromatic N) is 3. The molecule has 178 valence electrons. The predicted molar refractivity (Wildman–Crippen MR) is 128 cm³/mol. The minimum absolute atomic E-state index is 0.312. The van der Waals surface area contributed by atoms with Crippen molar-refractivity contribution in [1.29, 1.82) is 0 Å². The molecule has 10 heteroatoms. The number of fused-ring (bicyclic) bond motifs is 3. The molecule has 0 fully saturated rings. The summed E-state index contributed by atoms with van der Waals surface area (Å²) in [7, 11) is 0. The number of amides is 1. The second-order valence-electron chi connectivity index (χ2n) is 8.01. The van der Waals surface area contributed by atoms with E-state index in [2.05, 4.69) is 14.7 Å². The fourth-order valence-corrected chi connectivity index (χ4v) is 4.80. The van der Waals surface area contributed by atoms with Gasteiger partial charge in [0.1, 0.15) is 0 Å². The second kappa shape index (κ2) is 8.79. The van der Waals surface area contributed by atoms with E-state index in [1.54, 1.807) is 47.2 Å². The molecule has 0 aliphatic carbocycles. The van der Waals surface area contributed by atoms with Gasteiger partial charge in [0, 0.05) is 33.1 Å². The molecule has 6 nitrogen and oxygen atoms in total. The molecule has 0 saturated heterocycles. The number of rotatable bonds is 5. The van der Waals surface area contributed by atoms with E-state index in [1.807, 2.05) is 6.92 Å². The van der Waals surface area contributed by atoms with Gasteiger partial charge >= 0.3 is 6.18 Å². The summed E-state index contributed by atoms with van der Waals surface area (Å²) in [5, 5.41) is 14.2. The number of nitrogens with one attached hydrogen (secondary N) is 1. The van der Waals surface area contributed by atoms with E-state index in [9.17, 15) is 23.1 Å². The molecule has 3 heterocycles. The molecule has 1 amide bonds. The first-order valence-corrected chi connectivity index (χ1v) is 11.5. The van der Waals surface area contributed by atoms with Crippen LogP contribution in [0.3, 0.4) is 0 Å². The van der Waals surface area contributed by atoms with Crippen LogP contribution in [0.4, 0.5) is 13.2 Å². The lowest BCUT2D eigenvalue weighted by Gasteiger charge is -2.16. The Kier molecular flexibility index (Phi) is 5.78. The number of alkyl halides is 3. The number of pyridine rings is 1. The normalized spacial score (nSPS) is 12.8. The molecule has 0 unspecified atom stereocenters. The Morgan fingerprint density at radius 3 is 2.57 bits per heavy atom. The summed E-state index contributed by atoms with van der Waals surface area (Å²) in [4.78, 5) is 18.1. The highest BCUT2D eigenvalue weighted by Crippen LogP contribution is 2.37. The quantitative estimate of drug-likeness (QED) is 0.340. The van der Waals surface area contributed by atoms with Crippen LogP contribution >= 0.6 is 11.5 Å². The summed E-state index contributed by atoms with van der Waals surface area (Å²) in [6, 6.07) is 14.6. The largest absolute Gasteiger partial charge is 0.416 e. The average molecular weight is 497 g/mol. The smallest absolute Gasteiger partial charge is 0.394 e. The Morgan fingerprint density at radius 1 is 1.14 bits per heavy atom. The van der Waals surface area contributed by atoms with Crippen molar-refractivity contribution in [1.82, 2.24) is 19.2 Å². The highest BCUT2D eigenvalue weighted by molar-refractivity contribution is 7.07. The molecule has 0 aliphatic rings. The summed E-state index contributed by atoms with van der Waals surface area (Å²) >= 11 is 1.29. The van der Waals surface area contributed by atoms with Crippen LogP contribution in [0.5, 0.6) is 0 Å². The molecule has 0 radical (unpaired) electrons. The van der Waals surface area contributed by atoms with Crippen molar-refractivity contribution in [3.63, 3.8) is 0 Å². The van der Waals surface area contributed by atoms with Crippen LogP contribution in [0.15, 0.2) is 66.9 Å². The summed E-state index contributed by atoms with van der Waals surface area (Å²) < 4.78 is 45.4. The van der Waals surface area contributed by atoms with Crippen LogP contribution in [0.25, 0.3) is 27.6 Å². The molecule has 0 bridgehead atoms. The minimum Gasteiger partial charge on any atom is -0.394 e. The fraction of sp³-hybridized carbons (Fsp3) is 0.160. The van der Waals surface area contributed by atoms with Gasteiger partial charge in [0.15, 0.2) is 5.65 Å². The zero-order valence-corrected chi connectivity index (χ0v) is 19.2. The van der Waals surface area contributed by atoms with Gasteiger partial charge in [0.2, 0.25) is 0 Å². The van der Waals surface area contributed by atoms with Crippen LogP contribution < -0.4 is 5.32 Å². The fourth-order valence-electron chi connectivity index (χ4n) is 4.11. The van der Waals surface area contributed by atoms with Crippen molar-refractivity contribution >= 4 is 39.4 Å². The van der Waals surface area contributed by atoms with E-state index < -0.39 is 17.8 Å². The first-order valence-electron chi connectivity index (χ1n) is 10.7. The van der Waals surface area contributed by atoms with Crippen molar-refractivity contribution in [3.8, 4) is 5.69 Å². The third-order valence-electron chi connectivity index (χ3n) is 5.81. The molecule has 35 heavy (non-hydrogen) atoms. The maximum Gasteiger partial charge on any atom is 0.416 e. The number of aliphatic hydroxyl groups is 1. The Hall–Kier alpha value is -3.76. The van der Waals surface area contributed by atoms with E-state index in [0.717, 1.165) is 33.3 Å². The van der Waals surface area contributed by atoms with Crippen LogP contribution in [-0.2, 0) is 6.18 Å². The van der Waals surface area contributed by atoms with E-state index in [4.69, 9.17) is 0 Å². The Morgan fingerprint density at radius 2 is 1.91 bits per heavy atom. The number of aryl methyl sites for hydroxylation is 1. The first kappa shape index (κ1) is 23.0. The highest BCUT2D eigenvalue weighted by Gasteiger charge is 2.30. The van der Waals surface area contributed by atoms with Crippen molar-refractivity contribution in [2.24, 2.45) is 0 Å². The molecule has 5 rings (SSSR count). The molecule has 0 saturated carbocycles. The van der Waals surface area contributed by atoms with Gasteiger partial charge in [-0.2, -0.15) is 17.5 Å². The van der Waals surface area contributed by atoms with Gasteiger partial charge in [-0.3, -0.25) is 14.3 Å². The maximum atomic E-state index is 13.0. The monoisotopic (exact) mass is 496 g/mol. The standard InChI is InChI=1S/C25H19F3N4O2S/c1-14-22-18-12-15(24(34)30-20(13-33)19-4-2-3-11-29-19)5-10-21(18)32(23(22)31-35-14)17-8-6-16(7-9-17)25(26,27)28/h2-12,20,33H,13H2,1H3,(H,30,34)/t20-/m1/s1. The third kappa shape index (κ3) is 4.15. The zero-order chi connectivity index (χ0) is 24.7. The van der Waals surface area contributed by atoms with Crippen molar-refractivity contribution in [2.45, 2.75) is 19.1 Å². The lowest BCUT2D eigenvalue weighted by atomic mass is 10.1. The summed E-state index contributed by atoms with van der Waals surface area (Å²) in [6.07, 6.45) is -2.84. The lowest BCUT2D eigenvalue weighted by molar-refractivity contribution is -0.137. The zero-order valence-electron chi connectivity index (χ0n) is 18.4. The van der Waals surface area contributed by atoms with Crippen molar-refractivity contribution < 1.29 is 23.1 Å². The summed E-state index contributed by atoms with van der Waals surface area (Å²) in [6.45, 7) is 1.60. The molecule has 1 atom stereocenters. The van der Waals surface area contributed by atoms with Gasteiger partial charge in [-0.05, 0) is 73.1 Å². The van der Waals surface area contributed by atoms with Gasteiger partial charge in [0.25, 0.3) is 5.91 Å². The minimum atomic E-state index is -4.42. The highest BCUT2D eigenvalue weighted by atomic mass is 32.1. The van der Waals surface area contributed by atoms with E-state index in [0.29, 0.717) is 22.6 Å². The Labute approximate surface area is 201 Å². The van der Waals surface area contributed by atoms with Crippen LogP contribution in [0.2, 0.25) is 0 Å². The number of hydrogen-bond donors (Lipinski definition) is 2.